The van der Waals surface area contributed by atoms with E-state index in [9.17, 15) is 0 Å². The lowest BCUT2D eigenvalue weighted by Crippen LogP contribution is -2.23. The van der Waals surface area contributed by atoms with Gasteiger partial charge in [0, 0.05) is 34.1 Å². The second-order valence-electron chi connectivity index (χ2n) is 11.5. The zero-order valence-corrected chi connectivity index (χ0v) is 24.4. The molecular formula is C34H37N5O. The number of ether oxygens (including phenoxy) is 1. The molecule has 1 aliphatic heterocycles. The van der Waals surface area contributed by atoms with Gasteiger partial charge < -0.3 is 15.0 Å². The largest absolute Gasteiger partial charge is 0.488 e. The summed E-state index contributed by atoms with van der Waals surface area (Å²) in [5.74, 6) is 2.58. The molecule has 6 rings (SSSR count). The number of aromatic nitrogens is 4. The van der Waals surface area contributed by atoms with Crippen LogP contribution in [0.25, 0.3) is 49.5 Å². The SMILES string of the molecule is CC/C(C)=C(/NC1=C(C)COc2cc(-c3ccc4c(c3)c3cncnc3c3[nH]c(C(C)C)nc43)ccc21)C(C)C. The van der Waals surface area contributed by atoms with Crippen LogP contribution in [-0.4, -0.2) is 26.5 Å². The van der Waals surface area contributed by atoms with Crippen LogP contribution >= 0.6 is 0 Å². The van der Waals surface area contributed by atoms with Crippen LogP contribution in [0.3, 0.4) is 0 Å². The van der Waals surface area contributed by atoms with Crippen LogP contribution in [0.15, 0.2) is 65.8 Å². The van der Waals surface area contributed by atoms with E-state index in [1.165, 1.54) is 16.8 Å². The van der Waals surface area contributed by atoms with Gasteiger partial charge in [0.15, 0.2) is 0 Å². The lowest BCUT2D eigenvalue weighted by atomic mass is 9.95. The molecule has 40 heavy (non-hydrogen) atoms. The molecule has 5 aromatic rings. The van der Waals surface area contributed by atoms with Crippen molar-refractivity contribution in [2.75, 3.05) is 6.61 Å². The van der Waals surface area contributed by atoms with Gasteiger partial charge >= 0.3 is 0 Å². The van der Waals surface area contributed by atoms with Gasteiger partial charge in [-0.15, -0.1) is 0 Å². The number of nitrogens with zero attached hydrogens (tertiary/aromatic N) is 3. The van der Waals surface area contributed by atoms with E-state index < -0.39 is 0 Å². The predicted octanol–water partition coefficient (Wildman–Crippen LogP) is 8.50. The Bertz CT molecular complexity index is 1840. The molecule has 1 aliphatic rings. The fourth-order valence-corrected chi connectivity index (χ4v) is 5.67. The van der Waals surface area contributed by atoms with E-state index >= 15 is 0 Å². The van der Waals surface area contributed by atoms with E-state index in [1.807, 2.05) is 6.20 Å². The quantitative estimate of drug-likeness (QED) is 0.215. The van der Waals surface area contributed by atoms with Crippen LogP contribution in [0.2, 0.25) is 0 Å². The van der Waals surface area contributed by atoms with Crippen molar-refractivity contribution in [3.63, 3.8) is 0 Å². The lowest BCUT2D eigenvalue weighted by molar-refractivity contribution is 0.345. The number of imidazole rings is 1. The third-order valence-electron chi connectivity index (χ3n) is 8.07. The summed E-state index contributed by atoms with van der Waals surface area (Å²) in [6.07, 6.45) is 4.54. The Morgan fingerprint density at radius 2 is 1.77 bits per heavy atom. The van der Waals surface area contributed by atoms with Gasteiger partial charge in [0.05, 0.1) is 22.2 Å². The van der Waals surface area contributed by atoms with E-state index in [0.717, 1.165) is 73.1 Å². The molecule has 0 atom stereocenters. The van der Waals surface area contributed by atoms with Crippen molar-refractivity contribution in [2.24, 2.45) is 5.92 Å². The van der Waals surface area contributed by atoms with E-state index in [2.05, 4.69) is 105 Å². The topological polar surface area (TPSA) is 75.7 Å². The average Bonchev–Trinajstić information content (AvgIpc) is 3.42. The van der Waals surface area contributed by atoms with Gasteiger partial charge in [-0.2, -0.15) is 0 Å². The van der Waals surface area contributed by atoms with E-state index in [1.54, 1.807) is 6.33 Å². The van der Waals surface area contributed by atoms with Crippen LogP contribution in [0.4, 0.5) is 0 Å². The summed E-state index contributed by atoms with van der Waals surface area (Å²) in [5.41, 5.74) is 11.2. The summed E-state index contributed by atoms with van der Waals surface area (Å²) in [6.45, 7) is 15.9. The van der Waals surface area contributed by atoms with Crippen LogP contribution in [0, 0.1) is 5.92 Å². The van der Waals surface area contributed by atoms with Crippen molar-refractivity contribution in [1.82, 2.24) is 25.3 Å². The minimum atomic E-state index is 0.296. The van der Waals surface area contributed by atoms with Gasteiger partial charge in [0.1, 0.15) is 24.5 Å². The Labute approximate surface area is 235 Å². The molecule has 6 heteroatoms. The summed E-state index contributed by atoms with van der Waals surface area (Å²) in [5, 5.41) is 7.01. The molecule has 0 spiro atoms. The zero-order valence-electron chi connectivity index (χ0n) is 24.4. The molecule has 0 radical (unpaired) electrons. The Hall–Kier alpha value is -4.19. The van der Waals surface area contributed by atoms with E-state index in [0.29, 0.717) is 18.4 Å². The van der Waals surface area contributed by atoms with Gasteiger partial charge in [-0.1, -0.05) is 58.4 Å². The molecule has 3 aromatic carbocycles. The molecule has 3 heterocycles. The van der Waals surface area contributed by atoms with Gasteiger partial charge in [-0.3, -0.25) is 0 Å². The third kappa shape index (κ3) is 4.32. The summed E-state index contributed by atoms with van der Waals surface area (Å²) in [4.78, 5) is 17.5. The van der Waals surface area contributed by atoms with E-state index in [4.69, 9.17) is 9.72 Å². The Balaban J connectivity index is 1.46. The molecule has 2 aromatic heterocycles. The Kier molecular flexibility index (Phi) is 6.57. The fourth-order valence-electron chi connectivity index (χ4n) is 5.67. The van der Waals surface area contributed by atoms with Crippen LogP contribution < -0.4 is 10.1 Å². The first-order chi connectivity index (χ1) is 19.3. The normalized spacial score (nSPS) is 14.3. The van der Waals surface area contributed by atoms with Gasteiger partial charge in [-0.25, -0.2) is 15.0 Å². The second kappa shape index (κ2) is 10.1. The van der Waals surface area contributed by atoms with Gasteiger partial charge in [0.25, 0.3) is 0 Å². The maximum absolute atomic E-state index is 6.25. The van der Waals surface area contributed by atoms with Crippen LogP contribution in [0.5, 0.6) is 5.75 Å². The molecule has 0 saturated carbocycles. The zero-order chi connectivity index (χ0) is 28.1. The Morgan fingerprint density at radius 1 is 1.00 bits per heavy atom. The first-order valence-corrected chi connectivity index (χ1v) is 14.3. The first kappa shape index (κ1) is 26.1. The molecule has 0 fully saturated rings. The number of hydrogen-bond acceptors (Lipinski definition) is 5. The molecule has 0 aliphatic carbocycles. The number of allylic oxidation sites excluding steroid dienone is 2. The second-order valence-corrected chi connectivity index (χ2v) is 11.5. The number of fused-ring (bicyclic) bond motifs is 7. The highest BCUT2D eigenvalue weighted by atomic mass is 16.5. The minimum absolute atomic E-state index is 0.296. The lowest BCUT2D eigenvalue weighted by Gasteiger charge is -2.27. The molecule has 204 valence electrons. The van der Waals surface area contributed by atoms with Gasteiger partial charge in [0.2, 0.25) is 0 Å². The maximum Gasteiger partial charge on any atom is 0.129 e. The summed E-state index contributed by atoms with van der Waals surface area (Å²) < 4.78 is 6.25. The summed E-state index contributed by atoms with van der Waals surface area (Å²) in [7, 11) is 0. The molecular weight excluding hydrogens is 494 g/mol. The maximum atomic E-state index is 6.25. The number of aromatic amines is 1. The van der Waals surface area contributed by atoms with Gasteiger partial charge in [-0.05, 0) is 66.5 Å². The number of rotatable bonds is 6. The van der Waals surface area contributed by atoms with Crippen molar-refractivity contribution in [3.8, 4) is 16.9 Å². The molecule has 0 saturated heterocycles. The highest BCUT2D eigenvalue weighted by Gasteiger charge is 2.22. The number of nitrogens with one attached hydrogen (secondary N) is 2. The highest BCUT2D eigenvalue weighted by molar-refractivity contribution is 6.22. The highest BCUT2D eigenvalue weighted by Crippen LogP contribution is 2.39. The summed E-state index contributed by atoms with van der Waals surface area (Å²) >= 11 is 0. The van der Waals surface area contributed by atoms with Crippen molar-refractivity contribution in [1.29, 1.82) is 0 Å². The molecule has 0 amide bonds. The van der Waals surface area contributed by atoms with Crippen molar-refractivity contribution in [2.45, 2.75) is 60.8 Å². The first-order valence-electron chi connectivity index (χ1n) is 14.3. The summed E-state index contributed by atoms with van der Waals surface area (Å²) in [6, 6.07) is 13.1. The fraction of sp³-hybridized carbons (Fsp3) is 0.324. The van der Waals surface area contributed by atoms with Crippen LogP contribution in [-0.2, 0) is 0 Å². The molecule has 2 N–H and O–H groups in total. The number of benzene rings is 3. The molecule has 0 unspecified atom stereocenters. The smallest absolute Gasteiger partial charge is 0.129 e. The van der Waals surface area contributed by atoms with Crippen molar-refractivity contribution in [3.05, 3.63) is 77.2 Å². The predicted molar refractivity (Wildman–Crippen MR) is 165 cm³/mol. The van der Waals surface area contributed by atoms with Crippen LogP contribution in [0.1, 0.15) is 72.2 Å². The standard InChI is InChI=1S/C34H37N5O/c1-8-20(6)29(18(2)3)37-30-21(7)16-40-28-14-23(10-12-25(28)30)22-9-11-24-26(13-22)27-15-35-17-36-31(27)33-32(24)38-34(39-33)19(4)5/h9-15,17-19,37H,8,16H2,1-7H3,(H,38,39)/b29-20+. The van der Waals surface area contributed by atoms with Crippen molar-refractivity contribution < 1.29 is 4.74 Å². The Morgan fingerprint density at radius 3 is 2.52 bits per heavy atom. The molecule has 6 nitrogen and oxygen atoms in total. The number of hydrogen-bond donors (Lipinski definition) is 2. The average molecular weight is 532 g/mol. The van der Waals surface area contributed by atoms with Crippen molar-refractivity contribution >= 4 is 38.4 Å². The number of H-pyrrole nitrogens is 1. The minimum Gasteiger partial charge on any atom is -0.488 e. The van der Waals surface area contributed by atoms with E-state index in [-0.39, 0.29) is 0 Å². The molecule has 0 bridgehead atoms. The monoisotopic (exact) mass is 531 g/mol. The third-order valence-corrected chi connectivity index (χ3v) is 8.07.